The van der Waals surface area contributed by atoms with Crippen LogP contribution in [0, 0.1) is 5.92 Å². The summed E-state index contributed by atoms with van der Waals surface area (Å²) >= 11 is 0. The first-order chi connectivity index (χ1) is 11.7. The minimum absolute atomic E-state index is 0.00901. The van der Waals surface area contributed by atoms with E-state index >= 15 is 0 Å². The van der Waals surface area contributed by atoms with E-state index in [1.807, 2.05) is 13.8 Å². The van der Waals surface area contributed by atoms with Gasteiger partial charge in [0.2, 0.25) is 20.0 Å². The van der Waals surface area contributed by atoms with Gasteiger partial charge in [0.05, 0.1) is 22.5 Å². The molecular formula is C16H24N2O5S2. The maximum absolute atomic E-state index is 12.8. The zero-order chi connectivity index (χ0) is 18.2. The molecule has 1 N–H and O–H groups in total. The molecule has 0 spiro atoms. The first kappa shape index (κ1) is 18.8. The average Bonchev–Trinajstić information content (AvgIpc) is 3.38. The zero-order valence-corrected chi connectivity index (χ0v) is 16.0. The fourth-order valence-corrected chi connectivity index (χ4v) is 5.44. The number of rotatable bonds is 6. The summed E-state index contributed by atoms with van der Waals surface area (Å²) < 4.78 is 59.6. The third-order valence-corrected chi connectivity index (χ3v) is 7.89. The molecule has 2 fully saturated rings. The molecule has 1 heterocycles. The predicted octanol–water partition coefficient (Wildman–Crippen LogP) is 1.17. The van der Waals surface area contributed by atoms with Crippen LogP contribution in [0.5, 0.6) is 0 Å². The van der Waals surface area contributed by atoms with Gasteiger partial charge in [-0.25, -0.2) is 21.6 Å². The molecule has 1 saturated heterocycles. The lowest BCUT2D eigenvalue weighted by Gasteiger charge is -2.34. The molecular weight excluding hydrogens is 364 g/mol. The van der Waals surface area contributed by atoms with Crippen molar-refractivity contribution in [2.75, 3.05) is 19.7 Å². The Labute approximate surface area is 149 Å². The Bertz CT molecular complexity index is 815. The largest absolute Gasteiger partial charge is 0.375 e. The first-order valence-electron chi connectivity index (χ1n) is 8.44. The van der Waals surface area contributed by atoms with E-state index in [1.165, 1.54) is 28.6 Å². The number of hydrogen-bond acceptors (Lipinski definition) is 5. The molecule has 7 nitrogen and oxygen atoms in total. The Balaban J connectivity index is 1.78. The third kappa shape index (κ3) is 4.22. The standard InChI is InChI=1S/C16H24N2O5S2/c1-12(2)16-11-18(9-10-23-16)25(21,22)15-7-5-14(6-8-15)24(19,20)17-13-3-4-13/h5-8,12-13,16-17H,3-4,9-11H2,1-2H3/t16-/m0/s1. The Morgan fingerprint density at radius 3 is 2.24 bits per heavy atom. The van der Waals surface area contributed by atoms with Crippen LogP contribution in [0.3, 0.4) is 0 Å². The van der Waals surface area contributed by atoms with Gasteiger partial charge in [0.25, 0.3) is 0 Å². The van der Waals surface area contributed by atoms with Gasteiger partial charge >= 0.3 is 0 Å². The summed E-state index contributed by atoms with van der Waals surface area (Å²) in [5.41, 5.74) is 0. The van der Waals surface area contributed by atoms with Crippen molar-refractivity contribution < 1.29 is 21.6 Å². The molecule has 1 aliphatic carbocycles. The fraction of sp³-hybridized carbons (Fsp3) is 0.625. The van der Waals surface area contributed by atoms with Crippen LogP contribution in [0.1, 0.15) is 26.7 Å². The molecule has 0 unspecified atom stereocenters. The van der Waals surface area contributed by atoms with E-state index in [4.69, 9.17) is 4.74 Å². The Morgan fingerprint density at radius 2 is 1.68 bits per heavy atom. The van der Waals surface area contributed by atoms with Gasteiger partial charge in [0.1, 0.15) is 0 Å². The maximum Gasteiger partial charge on any atom is 0.243 e. The maximum atomic E-state index is 12.8. The second-order valence-electron chi connectivity index (χ2n) is 6.88. The lowest BCUT2D eigenvalue weighted by Crippen LogP contribution is -2.47. The van der Waals surface area contributed by atoms with Gasteiger partial charge in [0, 0.05) is 19.1 Å². The van der Waals surface area contributed by atoms with Crippen molar-refractivity contribution in [3.05, 3.63) is 24.3 Å². The number of ether oxygens (including phenoxy) is 1. The SMILES string of the molecule is CC(C)[C@@H]1CN(S(=O)(=O)c2ccc(S(=O)(=O)NC3CC3)cc2)CCO1. The molecule has 25 heavy (non-hydrogen) atoms. The van der Waals surface area contributed by atoms with Gasteiger partial charge in [-0.1, -0.05) is 13.8 Å². The van der Waals surface area contributed by atoms with Crippen molar-refractivity contribution in [3.8, 4) is 0 Å². The number of nitrogens with one attached hydrogen (secondary N) is 1. The number of hydrogen-bond donors (Lipinski definition) is 1. The normalized spacial score (nSPS) is 23.1. The van der Waals surface area contributed by atoms with Crippen LogP contribution in [0.4, 0.5) is 0 Å². The van der Waals surface area contributed by atoms with E-state index in [9.17, 15) is 16.8 Å². The highest BCUT2D eigenvalue weighted by Crippen LogP contribution is 2.25. The summed E-state index contributed by atoms with van der Waals surface area (Å²) in [6.07, 6.45) is 1.56. The molecule has 9 heteroatoms. The molecule has 1 aromatic carbocycles. The van der Waals surface area contributed by atoms with Gasteiger partial charge in [-0.15, -0.1) is 0 Å². The van der Waals surface area contributed by atoms with Crippen LogP contribution in [0.15, 0.2) is 34.1 Å². The van der Waals surface area contributed by atoms with Gasteiger partial charge in [-0.2, -0.15) is 4.31 Å². The van der Waals surface area contributed by atoms with E-state index in [-0.39, 0.29) is 27.9 Å². The molecule has 140 valence electrons. The van der Waals surface area contributed by atoms with Gasteiger partial charge in [0.15, 0.2) is 0 Å². The number of nitrogens with zero attached hydrogens (tertiary/aromatic N) is 1. The topological polar surface area (TPSA) is 92.8 Å². The van der Waals surface area contributed by atoms with Gasteiger partial charge < -0.3 is 4.74 Å². The summed E-state index contributed by atoms with van der Waals surface area (Å²) in [6, 6.07) is 5.41. The van der Waals surface area contributed by atoms with Crippen LogP contribution in [0.2, 0.25) is 0 Å². The number of morpholine rings is 1. The summed E-state index contributed by atoms with van der Waals surface area (Å²) in [7, 11) is -7.25. The quantitative estimate of drug-likeness (QED) is 0.790. The van der Waals surface area contributed by atoms with Crippen LogP contribution in [-0.2, 0) is 24.8 Å². The molecule has 0 bridgehead atoms. The average molecular weight is 389 g/mol. The Morgan fingerprint density at radius 1 is 1.08 bits per heavy atom. The molecule has 2 aliphatic rings. The minimum atomic E-state index is -3.66. The van der Waals surface area contributed by atoms with Crippen molar-refractivity contribution in [1.29, 1.82) is 0 Å². The molecule has 1 atom stereocenters. The first-order valence-corrected chi connectivity index (χ1v) is 11.4. The number of sulfonamides is 2. The summed E-state index contributed by atoms with van der Waals surface area (Å²) in [5, 5.41) is 0. The van der Waals surface area contributed by atoms with E-state index in [2.05, 4.69) is 4.72 Å². The van der Waals surface area contributed by atoms with Crippen molar-refractivity contribution >= 4 is 20.0 Å². The third-order valence-electron chi connectivity index (χ3n) is 4.47. The van der Waals surface area contributed by atoms with Gasteiger partial charge in [-0.05, 0) is 43.0 Å². The Kier molecular flexibility index (Phi) is 5.23. The highest BCUT2D eigenvalue weighted by atomic mass is 32.2. The summed E-state index contributed by atoms with van der Waals surface area (Å²) in [4.78, 5) is 0.183. The highest BCUT2D eigenvalue weighted by molar-refractivity contribution is 7.89. The predicted molar refractivity (Wildman–Crippen MR) is 93.1 cm³/mol. The van der Waals surface area contributed by atoms with E-state index in [0.717, 1.165) is 12.8 Å². The minimum Gasteiger partial charge on any atom is -0.375 e. The molecule has 1 aromatic rings. The zero-order valence-electron chi connectivity index (χ0n) is 14.4. The van der Waals surface area contributed by atoms with Crippen molar-refractivity contribution in [3.63, 3.8) is 0 Å². The van der Waals surface area contributed by atoms with Crippen molar-refractivity contribution in [2.45, 2.75) is 48.6 Å². The summed E-state index contributed by atoms with van der Waals surface area (Å²) in [5.74, 6) is 0.221. The van der Waals surface area contributed by atoms with E-state index in [1.54, 1.807) is 0 Å². The van der Waals surface area contributed by atoms with Crippen LogP contribution < -0.4 is 4.72 Å². The van der Waals surface area contributed by atoms with E-state index < -0.39 is 20.0 Å². The second-order valence-corrected chi connectivity index (χ2v) is 10.5. The summed E-state index contributed by atoms with van der Waals surface area (Å²) in [6.45, 7) is 4.96. The Hall–Kier alpha value is -1.00. The van der Waals surface area contributed by atoms with Crippen molar-refractivity contribution in [2.24, 2.45) is 5.92 Å². The highest BCUT2D eigenvalue weighted by Gasteiger charge is 2.32. The molecule has 0 aromatic heterocycles. The number of benzene rings is 1. The molecule has 0 amide bonds. The lowest BCUT2D eigenvalue weighted by atomic mass is 10.1. The second kappa shape index (κ2) is 6.96. The van der Waals surface area contributed by atoms with Crippen LogP contribution in [0.25, 0.3) is 0 Å². The van der Waals surface area contributed by atoms with Crippen molar-refractivity contribution in [1.82, 2.24) is 9.03 Å². The molecule has 1 saturated carbocycles. The fourth-order valence-electron chi connectivity index (χ4n) is 2.70. The molecule has 0 radical (unpaired) electrons. The lowest BCUT2D eigenvalue weighted by molar-refractivity contribution is -0.0263. The molecule has 1 aliphatic heterocycles. The van der Waals surface area contributed by atoms with Crippen LogP contribution >= 0.6 is 0 Å². The smallest absolute Gasteiger partial charge is 0.243 e. The molecule has 3 rings (SSSR count). The van der Waals surface area contributed by atoms with Gasteiger partial charge in [-0.3, -0.25) is 0 Å². The monoisotopic (exact) mass is 388 g/mol. The van der Waals surface area contributed by atoms with Crippen LogP contribution in [-0.4, -0.2) is 53.0 Å². The van der Waals surface area contributed by atoms with E-state index in [0.29, 0.717) is 19.7 Å².